The van der Waals surface area contributed by atoms with Crippen LogP contribution < -0.4 is 0 Å². The Labute approximate surface area is 85.2 Å². The summed E-state index contributed by atoms with van der Waals surface area (Å²) in [5.41, 5.74) is -0.728. The van der Waals surface area contributed by atoms with E-state index in [1.165, 1.54) is 6.92 Å². The fourth-order valence-electron chi connectivity index (χ4n) is 0.840. The lowest BCUT2D eigenvalue weighted by atomic mass is 10.0. The molecule has 0 heterocycles. The first-order valence-corrected chi connectivity index (χ1v) is 4.37. The summed E-state index contributed by atoms with van der Waals surface area (Å²) >= 11 is 0. The van der Waals surface area contributed by atoms with Gasteiger partial charge in [-0.2, -0.15) is 0 Å². The summed E-state index contributed by atoms with van der Waals surface area (Å²) in [5.74, 6) is -0.329. The fourth-order valence-corrected chi connectivity index (χ4v) is 0.840. The van der Waals surface area contributed by atoms with E-state index >= 15 is 0 Å². The van der Waals surface area contributed by atoms with E-state index in [-0.39, 0.29) is 5.97 Å². The average Bonchev–Trinajstić information content (AvgIpc) is 1.80. The molecule has 4 heteroatoms. The van der Waals surface area contributed by atoms with Crippen molar-refractivity contribution in [2.45, 2.75) is 45.8 Å². The highest BCUT2D eigenvalue weighted by molar-refractivity contribution is 5.66. The van der Waals surface area contributed by atoms with Crippen LogP contribution in [-0.2, 0) is 9.53 Å². The lowest BCUT2D eigenvalue weighted by molar-refractivity contribution is -0.135. The first kappa shape index (κ1) is 15.6. The lowest BCUT2D eigenvalue weighted by Crippen LogP contribution is -2.24. The maximum absolute atomic E-state index is 9.75. The molecule has 0 saturated carbocycles. The second-order valence-electron chi connectivity index (χ2n) is 3.64. The molecule has 0 aromatic heterocycles. The van der Waals surface area contributed by atoms with Crippen LogP contribution in [0.15, 0.2) is 12.8 Å². The van der Waals surface area contributed by atoms with Gasteiger partial charge in [-0.15, -0.1) is 0 Å². The second kappa shape index (κ2) is 7.53. The summed E-state index contributed by atoms with van der Waals surface area (Å²) in [6, 6.07) is 0. The maximum Gasteiger partial charge on any atom is 0.307 e. The van der Waals surface area contributed by atoms with Crippen LogP contribution in [0.5, 0.6) is 0 Å². The number of aliphatic hydroxyl groups excluding tert-OH is 1. The molecule has 0 saturated heterocycles. The number of esters is 1. The van der Waals surface area contributed by atoms with Crippen LogP contribution in [0.1, 0.15) is 34.1 Å². The molecule has 0 bridgehead atoms. The molecule has 14 heavy (non-hydrogen) atoms. The standard InChI is InChI=1S/C6H14O2.C4H6O2/c1-5(7)4-6(2,3)8;1-3-6-4(2)5/h5,7-8H,4H2,1-3H3;3H,1H2,2H3. The zero-order valence-corrected chi connectivity index (χ0v) is 9.28. The number of hydrogen-bond donors (Lipinski definition) is 2. The Morgan fingerprint density at radius 1 is 1.64 bits per heavy atom. The van der Waals surface area contributed by atoms with Crippen molar-refractivity contribution in [2.75, 3.05) is 0 Å². The molecular weight excluding hydrogens is 184 g/mol. The monoisotopic (exact) mass is 204 g/mol. The zero-order chi connectivity index (χ0) is 11.8. The van der Waals surface area contributed by atoms with E-state index in [0.29, 0.717) is 6.42 Å². The van der Waals surface area contributed by atoms with Crippen molar-refractivity contribution < 1.29 is 19.7 Å². The molecule has 0 aromatic rings. The summed E-state index contributed by atoms with van der Waals surface area (Å²) in [7, 11) is 0. The van der Waals surface area contributed by atoms with Crippen molar-refractivity contribution in [1.82, 2.24) is 0 Å². The van der Waals surface area contributed by atoms with Crippen molar-refractivity contribution in [1.29, 1.82) is 0 Å². The van der Waals surface area contributed by atoms with Gasteiger partial charge in [-0.3, -0.25) is 4.79 Å². The number of ether oxygens (including phenoxy) is 1. The molecule has 2 N–H and O–H groups in total. The highest BCUT2D eigenvalue weighted by Crippen LogP contribution is 2.09. The van der Waals surface area contributed by atoms with E-state index in [2.05, 4.69) is 11.3 Å². The molecule has 0 spiro atoms. The molecular formula is C10H20O4. The molecule has 4 nitrogen and oxygen atoms in total. The van der Waals surface area contributed by atoms with Crippen molar-refractivity contribution in [2.24, 2.45) is 0 Å². The van der Waals surface area contributed by atoms with Crippen molar-refractivity contribution in [3.63, 3.8) is 0 Å². The minimum Gasteiger partial charge on any atom is -0.435 e. The first-order valence-electron chi connectivity index (χ1n) is 4.37. The van der Waals surface area contributed by atoms with Gasteiger partial charge in [0.1, 0.15) is 0 Å². The third kappa shape index (κ3) is 22.5. The third-order valence-electron chi connectivity index (χ3n) is 1.04. The Morgan fingerprint density at radius 3 is 2.07 bits per heavy atom. The maximum atomic E-state index is 9.75. The van der Waals surface area contributed by atoms with Gasteiger partial charge in [-0.1, -0.05) is 6.58 Å². The molecule has 1 atom stereocenters. The van der Waals surface area contributed by atoms with Gasteiger partial charge in [-0.05, 0) is 20.8 Å². The molecule has 84 valence electrons. The molecule has 0 rings (SSSR count). The minimum atomic E-state index is -0.728. The number of carbonyl (C=O) groups is 1. The Kier molecular flexibility index (Phi) is 8.38. The molecule has 0 aliphatic carbocycles. The highest BCUT2D eigenvalue weighted by Gasteiger charge is 2.14. The smallest absolute Gasteiger partial charge is 0.307 e. The Balaban J connectivity index is 0. The van der Waals surface area contributed by atoms with Gasteiger partial charge in [0.15, 0.2) is 0 Å². The Bertz CT molecular complexity index is 167. The molecule has 1 unspecified atom stereocenters. The normalized spacial score (nSPS) is 12.1. The zero-order valence-electron chi connectivity index (χ0n) is 9.28. The number of hydrogen-bond acceptors (Lipinski definition) is 4. The molecule has 0 radical (unpaired) electrons. The first-order chi connectivity index (χ1) is 6.19. The van der Waals surface area contributed by atoms with E-state index in [9.17, 15) is 4.79 Å². The van der Waals surface area contributed by atoms with Crippen molar-refractivity contribution in [3.05, 3.63) is 12.8 Å². The molecule has 0 amide bonds. The number of carbonyl (C=O) groups excluding carboxylic acids is 1. The summed E-state index contributed by atoms with van der Waals surface area (Å²) in [6.45, 7) is 9.50. The average molecular weight is 204 g/mol. The summed E-state index contributed by atoms with van der Waals surface area (Å²) < 4.78 is 4.17. The van der Waals surface area contributed by atoms with Crippen LogP contribution in [0.25, 0.3) is 0 Å². The molecule has 0 aliphatic rings. The molecule has 0 aliphatic heterocycles. The second-order valence-corrected chi connectivity index (χ2v) is 3.64. The van der Waals surface area contributed by atoms with Crippen LogP contribution in [0.2, 0.25) is 0 Å². The van der Waals surface area contributed by atoms with Gasteiger partial charge in [0.25, 0.3) is 0 Å². The van der Waals surface area contributed by atoms with Crippen molar-refractivity contribution in [3.8, 4) is 0 Å². The van der Waals surface area contributed by atoms with E-state index in [4.69, 9.17) is 10.2 Å². The van der Waals surface area contributed by atoms with Gasteiger partial charge in [0.05, 0.1) is 18.0 Å². The van der Waals surface area contributed by atoms with Gasteiger partial charge in [-0.25, -0.2) is 0 Å². The van der Waals surface area contributed by atoms with Crippen LogP contribution >= 0.6 is 0 Å². The van der Waals surface area contributed by atoms with Gasteiger partial charge >= 0.3 is 5.97 Å². The van der Waals surface area contributed by atoms with Crippen LogP contribution in [0.3, 0.4) is 0 Å². The summed E-state index contributed by atoms with van der Waals surface area (Å²) in [4.78, 5) is 9.75. The quantitative estimate of drug-likeness (QED) is 0.536. The van der Waals surface area contributed by atoms with E-state index in [0.717, 1.165) is 6.26 Å². The summed E-state index contributed by atoms with van der Waals surface area (Å²) in [5, 5.41) is 17.8. The highest BCUT2D eigenvalue weighted by atomic mass is 16.5. The fraction of sp³-hybridized carbons (Fsp3) is 0.700. The lowest BCUT2D eigenvalue weighted by Gasteiger charge is -2.17. The third-order valence-corrected chi connectivity index (χ3v) is 1.04. The predicted octanol–water partition coefficient (Wildman–Crippen LogP) is 1.22. The van der Waals surface area contributed by atoms with Crippen LogP contribution in [0.4, 0.5) is 0 Å². The predicted molar refractivity (Wildman–Crippen MR) is 54.6 cm³/mol. The number of aliphatic hydroxyl groups is 2. The summed E-state index contributed by atoms with van der Waals surface area (Å²) in [6.07, 6.45) is 1.13. The largest absolute Gasteiger partial charge is 0.435 e. The van der Waals surface area contributed by atoms with E-state index in [1.807, 2.05) is 0 Å². The van der Waals surface area contributed by atoms with Crippen molar-refractivity contribution >= 4 is 5.97 Å². The van der Waals surface area contributed by atoms with Crippen LogP contribution in [0, 0.1) is 0 Å². The minimum absolute atomic E-state index is 0.329. The Hall–Kier alpha value is -0.870. The molecule has 0 fully saturated rings. The molecule has 0 aromatic carbocycles. The van der Waals surface area contributed by atoms with Gasteiger partial charge < -0.3 is 14.9 Å². The van der Waals surface area contributed by atoms with Gasteiger partial charge in [0, 0.05) is 13.3 Å². The van der Waals surface area contributed by atoms with E-state index in [1.54, 1.807) is 20.8 Å². The number of rotatable bonds is 3. The SMILES string of the molecule is C=COC(C)=O.CC(O)CC(C)(C)O. The van der Waals surface area contributed by atoms with Crippen LogP contribution in [-0.4, -0.2) is 27.9 Å². The topological polar surface area (TPSA) is 66.8 Å². The Morgan fingerprint density at radius 2 is 2.07 bits per heavy atom. The van der Waals surface area contributed by atoms with Gasteiger partial charge in [0.2, 0.25) is 0 Å². The van der Waals surface area contributed by atoms with E-state index < -0.39 is 11.7 Å².